The summed E-state index contributed by atoms with van der Waals surface area (Å²) in [7, 11) is -2.09. The first-order valence-electron chi connectivity index (χ1n) is 6.74. The van der Waals surface area contributed by atoms with Gasteiger partial charge in [-0.1, -0.05) is 6.92 Å². The van der Waals surface area contributed by atoms with Crippen LogP contribution in [-0.4, -0.2) is 37.8 Å². The normalized spacial score (nSPS) is 14.8. The third-order valence-corrected chi connectivity index (χ3v) is 5.82. The van der Waals surface area contributed by atoms with Gasteiger partial charge in [-0.25, -0.2) is 8.42 Å². The van der Waals surface area contributed by atoms with Crippen molar-refractivity contribution in [3.63, 3.8) is 0 Å². The van der Waals surface area contributed by atoms with Gasteiger partial charge in [0.05, 0.1) is 4.90 Å². The molecule has 0 radical (unpaired) electrons. The standard InChI is InChI=1S/C14H23N3O3S/c1-5-14(3,10-15)17(4)21(19,20)13-8-6-12(7-9-13)16-11(2)18/h6-9H,5,10,15H2,1-4H3,(H,16,18). The number of sulfonamides is 1. The highest BCUT2D eigenvalue weighted by Crippen LogP contribution is 2.25. The van der Waals surface area contributed by atoms with Crippen LogP contribution in [-0.2, 0) is 14.8 Å². The quantitative estimate of drug-likeness (QED) is 0.830. The molecule has 0 aliphatic rings. The molecule has 3 N–H and O–H groups in total. The number of carbonyl (C=O) groups is 1. The van der Waals surface area contributed by atoms with Crippen LogP contribution in [0.5, 0.6) is 0 Å². The molecule has 0 heterocycles. The summed E-state index contributed by atoms with van der Waals surface area (Å²) in [5, 5.41) is 2.60. The van der Waals surface area contributed by atoms with Gasteiger partial charge in [0.1, 0.15) is 0 Å². The minimum absolute atomic E-state index is 0.173. The van der Waals surface area contributed by atoms with Gasteiger partial charge in [-0.05, 0) is 37.6 Å². The molecule has 1 aromatic rings. The van der Waals surface area contributed by atoms with Crippen LogP contribution in [0, 0.1) is 0 Å². The molecule has 118 valence electrons. The number of nitrogens with one attached hydrogen (secondary N) is 1. The molecule has 0 saturated carbocycles. The van der Waals surface area contributed by atoms with Crippen molar-refractivity contribution < 1.29 is 13.2 Å². The van der Waals surface area contributed by atoms with E-state index in [-0.39, 0.29) is 17.3 Å². The summed E-state index contributed by atoms with van der Waals surface area (Å²) < 4.78 is 26.5. The van der Waals surface area contributed by atoms with Crippen LogP contribution in [0.4, 0.5) is 5.69 Å². The molecule has 1 aromatic carbocycles. The van der Waals surface area contributed by atoms with Gasteiger partial charge >= 0.3 is 0 Å². The Bertz CT molecular complexity index is 592. The molecular weight excluding hydrogens is 290 g/mol. The second kappa shape index (κ2) is 6.55. The van der Waals surface area contributed by atoms with E-state index in [1.807, 2.05) is 13.8 Å². The summed E-state index contributed by atoms with van der Waals surface area (Å²) in [5.74, 6) is -0.204. The highest BCUT2D eigenvalue weighted by atomic mass is 32.2. The van der Waals surface area contributed by atoms with Gasteiger partial charge in [0.25, 0.3) is 0 Å². The lowest BCUT2D eigenvalue weighted by Crippen LogP contribution is -2.51. The Hall–Kier alpha value is -1.44. The molecular formula is C14H23N3O3S. The van der Waals surface area contributed by atoms with Gasteiger partial charge in [0.2, 0.25) is 15.9 Å². The summed E-state index contributed by atoms with van der Waals surface area (Å²) in [4.78, 5) is 11.1. The molecule has 21 heavy (non-hydrogen) atoms. The number of rotatable bonds is 6. The minimum atomic E-state index is -3.63. The summed E-state index contributed by atoms with van der Waals surface area (Å²) in [6.07, 6.45) is 0.614. The van der Waals surface area contributed by atoms with Crippen LogP contribution in [0.1, 0.15) is 27.2 Å². The fourth-order valence-electron chi connectivity index (χ4n) is 1.86. The van der Waals surface area contributed by atoms with Crippen LogP contribution < -0.4 is 11.1 Å². The van der Waals surface area contributed by atoms with Crippen LogP contribution in [0.15, 0.2) is 29.2 Å². The molecule has 1 amide bonds. The molecule has 0 aliphatic heterocycles. The number of anilines is 1. The van der Waals surface area contributed by atoms with Gasteiger partial charge in [0, 0.05) is 31.7 Å². The predicted octanol–water partition coefficient (Wildman–Crippen LogP) is 1.39. The number of hydrogen-bond acceptors (Lipinski definition) is 4. The van der Waals surface area contributed by atoms with Crippen molar-refractivity contribution in [3.8, 4) is 0 Å². The number of amides is 1. The summed E-state index contributed by atoms with van der Waals surface area (Å²) in [6.45, 7) is 5.35. The molecule has 7 heteroatoms. The molecule has 1 unspecified atom stereocenters. The molecule has 0 bridgehead atoms. The van der Waals surface area contributed by atoms with Crippen molar-refractivity contribution in [2.24, 2.45) is 5.73 Å². The fourth-order valence-corrected chi connectivity index (χ4v) is 3.44. The first-order chi connectivity index (χ1) is 9.67. The van der Waals surface area contributed by atoms with Gasteiger partial charge in [-0.15, -0.1) is 0 Å². The molecule has 0 spiro atoms. The molecule has 0 fully saturated rings. The maximum absolute atomic E-state index is 12.6. The van der Waals surface area contributed by atoms with Crippen LogP contribution >= 0.6 is 0 Å². The van der Waals surface area contributed by atoms with E-state index < -0.39 is 15.6 Å². The van der Waals surface area contributed by atoms with Gasteiger partial charge in [-0.3, -0.25) is 4.79 Å². The van der Waals surface area contributed by atoms with E-state index >= 15 is 0 Å². The average molecular weight is 313 g/mol. The zero-order valence-corrected chi connectivity index (χ0v) is 13.7. The Kier molecular flexibility index (Phi) is 5.49. The largest absolute Gasteiger partial charge is 0.329 e. The Balaban J connectivity index is 3.10. The van der Waals surface area contributed by atoms with Crippen LogP contribution in [0.2, 0.25) is 0 Å². The second-order valence-corrected chi connectivity index (χ2v) is 7.20. The van der Waals surface area contributed by atoms with E-state index in [1.165, 1.54) is 30.4 Å². The third-order valence-electron chi connectivity index (χ3n) is 3.79. The van der Waals surface area contributed by atoms with Crippen LogP contribution in [0.25, 0.3) is 0 Å². The first kappa shape index (κ1) is 17.6. The molecule has 0 saturated heterocycles. The Morgan fingerprint density at radius 2 is 1.86 bits per heavy atom. The summed E-state index contributed by atoms with van der Waals surface area (Å²) >= 11 is 0. The van der Waals surface area contributed by atoms with Crippen molar-refractivity contribution in [2.45, 2.75) is 37.6 Å². The first-order valence-corrected chi connectivity index (χ1v) is 8.18. The number of likely N-dealkylation sites (N-methyl/N-ethyl adjacent to an activating group) is 1. The third kappa shape index (κ3) is 3.81. The Labute approximate surface area is 126 Å². The number of nitrogens with zero attached hydrogens (tertiary/aromatic N) is 1. The van der Waals surface area contributed by atoms with E-state index in [0.717, 1.165) is 0 Å². The van der Waals surface area contributed by atoms with Crippen molar-refractivity contribution in [3.05, 3.63) is 24.3 Å². The molecule has 0 aliphatic carbocycles. The molecule has 1 atom stereocenters. The van der Waals surface area contributed by atoms with Crippen molar-refractivity contribution in [1.29, 1.82) is 0 Å². The number of hydrogen-bond donors (Lipinski definition) is 2. The summed E-state index contributed by atoms with van der Waals surface area (Å²) in [6, 6.07) is 6.08. The molecule has 1 rings (SSSR count). The van der Waals surface area contributed by atoms with E-state index in [4.69, 9.17) is 5.73 Å². The fraction of sp³-hybridized carbons (Fsp3) is 0.500. The average Bonchev–Trinajstić information content (AvgIpc) is 2.45. The monoisotopic (exact) mass is 313 g/mol. The molecule has 0 aromatic heterocycles. The van der Waals surface area contributed by atoms with Crippen LogP contribution in [0.3, 0.4) is 0 Å². The van der Waals surface area contributed by atoms with Gasteiger partial charge in [0.15, 0.2) is 0 Å². The predicted molar refractivity (Wildman–Crippen MR) is 83.4 cm³/mol. The zero-order valence-electron chi connectivity index (χ0n) is 12.9. The lowest BCUT2D eigenvalue weighted by Gasteiger charge is -2.36. The number of carbonyl (C=O) groups excluding carboxylic acids is 1. The molecule has 6 nitrogen and oxygen atoms in total. The SMILES string of the molecule is CCC(C)(CN)N(C)S(=O)(=O)c1ccc(NC(C)=O)cc1. The topological polar surface area (TPSA) is 92.5 Å². The van der Waals surface area contributed by atoms with Gasteiger partial charge < -0.3 is 11.1 Å². The van der Waals surface area contributed by atoms with E-state index in [2.05, 4.69) is 5.32 Å². The lowest BCUT2D eigenvalue weighted by atomic mass is 10.00. The smallest absolute Gasteiger partial charge is 0.243 e. The van der Waals surface area contributed by atoms with Crippen molar-refractivity contribution >= 4 is 21.6 Å². The maximum Gasteiger partial charge on any atom is 0.243 e. The van der Waals surface area contributed by atoms with E-state index in [1.54, 1.807) is 12.1 Å². The van der Waals surface area contributed by atoms with E-state index in [9.17, 15) is 13.2 Å². The lowest BCUT2D eigenvalue weighted by molar-refractivity contribution is -0.114. The Morgan fingerprint density at radius 1 is 1.33 bits per heavy atom. The van der Waals surface area contributed by atoms with Crippen molar-refractivity contribution in [1.82, 2.24) is 4.31 Å². The maximum atomic E-state index is 12.6. The minimum Gasteiger partial charge on any atom is -0.329 e. The highest BCUT2D eigenvalue weighted by molar-refractivity contribution is 7.89. The Morgan fingerprint density at radius 3 is 2.24 bits per heavy atom. The number of nitrogens with two attached hydrogens (primary N) is 1. The highest BCUT2D eigenvalue weighted by Gasteiger charge is 2.35. The van der Waals surface area contributed by atoms with Crippen molar-refractivity contribution in [2.75, 3.05) is 18.9 Å². The van der Waals surface area contributed by atoms with E-state index in [0.29, 0.717) is 12.1 Å². The number of benzene rings is 1. The second-order valence-electron chi connectivity index (χ2n) is 5.23. The van der Waals surface area contributed by atoms with Gasteiger partial charge in [-0.2, -0.15) is 4.31 Å². The zero-order chi connectivity index (χ0) is 16.3. The summed E-state index contributed by atoms with van der Waals surface area (Å²) in [5.41, 5.74) is 5.65.